The molecular weight excluding hydrogens is 160 g/mol. The van der Waals surface area contributed by atoms with E-state index in [0.29, 0.717) is 12.1 Å². The van der Waals surface area contributed by atoms with Crippen molar-refractivity contribution in [3.8, 4) is 0 Å². The molecule has 0 aromatic rings. The topological polar surface area (TPSA) is 29.3 Å². The van der Waals surface area contributed by atoms with Gasteiger partial charge in [0.25, 0.3) is 0 Å². The van der Waals surface area contributed by atoms with E-state index in [1.807, 2.05) is 0 Å². The van der Waals surface area contributed by atoms with Crippen LogP contribution in [0.1, 0.15) is 33.6 Å². The summed E-state index contributed by atoms with van der Waals surface area (Å²) in [6.45, 7) is 8.90. The third-order valence-corrected chi connectivity index (χ3v) is 2.65. The molecule has 2 nitrogen and oxygen atoms in total. The fraction of sp³-hybridized carbons (Fsp3) is 0.818. The predicted octanol–water partition coefficient (Wildman–Crippen LogP) is 1.76. The molecule has 0 aromatic heterocycles. The second-order valence-electron chi connectivity index (χ2n) is 4.38. The summed E-state index contributed by atoms with van der Waals surface area (Å²) in [5.74, 6) is 0. The fourth-order valence-electron chi connectivity index (χ4n) is 1.79. The zero-order valence-corrected chi connectivity index (χ0v) is 9.09. The van der Waals surface area contributed by atoms with Crippen LogP contribution in [-0.4, -0.2) is 30.1 Å². The van der Waals surface area contributed by atoms with Gasteiger partial charge in [-0.1, -0.05) is 11.6 Å². The molecular formula is C11H22N2. The van der Waals surface area contributed by atoms with Gasteiger partial charge in [-0.05, 0) is 33.6 Å². The number of nitrogens with zero attached hydrogens (tertiary/aromatic N) is 1. The van der Waals surface area contributed by atoms with Crippen LogP contribution in [0.15, 0.2) is 11.6 Å². The van der Waals surface area contributed by atoms with Gasteiger partial charge in [-0.3, -0.25) is 4.90 Å². The molecule has 1 unspecified atom stereocenters. The summed E-state index contributed by atoms with van der Waals surface area (Å²) in [6.07, 6.45) is 4.64. The van der Waals surface area contributed by atoms with Crippen LogP contribution in [0.25, 0.3) is 0 Å². The van der Waals surface area contributed by atoms with Crippen LogP contribution in [0.3, 0.4) is 0 Å². The van der Waals surface area contributed by atoms with E-state index in [1.54, 1.807) is 5.57 Å². The van der Waals surface area contributed by atoms with Crippen LogP contribution < -0.4 is 5.73 Å². The van der Waals surface area contributed by atoms with E-state index in [4.69, 9.17) is 5.73 Å². The van der Waals surface area contributed by atoms with Crippen molar-refractivity contribution in [2.75, 3.05) is 13.1 Å². The van der Waals surface area contributed by atoms with E-state index in [-0.39, 0.29) is 0 Å². The van der Waals surface area contributed by atoms with Gasteiger partial charge in [-0.2, -0.15) is 0 Å². The summed E-state index contributed by atoms with van der Waals surface area (Å²) in [4.78, 5) is 2.49. The molecule has 1 atom stereocenters. The molecule has 1 rings (SSSR count). The first-order chi connectivity index (χ1) is 6.09. The van der Waals surface area contributed by atoms with Gasteiger partial charge < -0.3 is 5.73 Å². The van der Waals surface area contributed by atoms with Gasteiger partial charge in [0.1, 0.15) is 0 Å². The minimum Gasteiger partial charge on any atom is -0.328 e. The number of nitrogens with two attached hydrogens (primary N) is 1. The second-order valence-corrected chi connectivity index (χ2v) is 4.38. The highest BCUT2D eigenvalue weighted by Gasteiger charge is 2.14. The lowest BCUT2D eigenvalue weighted by atomic mass is 10.0. The molecule has 0 fully saturated rings. The highest BCUT2D eigenvalue weighted by molar-refractivity contribution is 5.08. The van der Waals surface area contributed by atoms with Crippen LogP contribution in [0.5, 0.6) is 0 Å². The normalized spacial score (nSPS) is 21.8. The fourth-order valence-corrected chi connectivity index (χ4v) is 1.79. The van der Waals surface area contributed by atoms with Crippen molar-refractivity contribution < 1.29 is 0 Å². The predicted molar refractivity (Wildman–Crippen MR) is 57.7 cm³/mol. The van der Waals surface area contributed by atoms with E-state index in [1.165, 1.54) is 13.0 Å². The quantitative estimate of drug-likeness (QED) is 0.674. The van der Waals surface area contributed by atoms with Crippen molar-refractivity contribution in [1.82, 2.24) is 4.90 Å². The van der Waals surface area contributed by atoms with E-state index >= 15 is 0 Å². The first kappa shape index (κ1) is 10.7. The standard InChI is InChI=1S/C11H22N2/c1-9(2)13-6-4-11(5-7-13)8-10(3)12/h4,9-10H,5-8,12H2,1-3H3. The molecule has 0 bridgehead atoms. The summed E-state index contributed by atoms with van der Waals surface area (Å²) in [5.41, 5.74) is 7.31. The van der Waals surface area contributed by atoms with Crippen molar-refractivity contribution in [2.45, 2.75) is 45.7 Å². The molecule has 1 heterocycles. The minimum atomic E-state index is 0.317. The average Bonchev–Trinajstić information content (AvgIpc) is 2.04. The Morgan fingerprint density at radius 3 is 2.54 bits per heavy atom. The summed E-state index contributed by atoms with van der Waals surface area (Å²) >= 11 is 0. The molecule has 0 saturated carbocycles. The Kier molecular flexibility index (Phi) is 3.94. The summed E-state index contributed by atoms with van der Waals surface area (Å²) in [6, 6.07) is 0.991. The highest BCUT2D eigenvalue weighted by atomic mass is 15.1. The average molecular weight is 182 g/mol. The van der Waals surface area contributed by atoms with Crippen molar-refractivity contribution in [1.29, 1.82) is 0 Å². The Labute approximate surface area is 81.8 Å². The third kappa shape index (κ3) is 3.49. The SMILES string of the molecule is CC(N)CC1=CCN(C(C)C)CC1. The van der Waals surface area contributed by atoms with Gasteiger partial charge in [0.15, 0.2) is 0 Å². The van der Waals surface area contributed by atoms with Crippen molar-refractivity contribution in [2.24, 2.45) is 5.73 Å². The smallest absolute Gasteiger partial charge is 0.0168 e. The maximum atomic E-state index is 5.76. The molecule has 13 heavy (non-hydrogen) atoms. The molecule has 1 aliphatic rings. The molecule has 0 amide bonds. The zero-order valence-electron chi connectivity index (χ0n) is 9.09. The molecule has 76 valence electrons. The molecule has 0 spiro atoms. The van der Waals surface area contributed by atoms with Gasteiger partial charge >= 0.3 is 0 Å². The Bertz CT molecular complexity index is 183. The number of hydrogen-bond acceptors (Lipinski definition) is 2. The van der Waals surface area contributed by atoms with E-state index in [0.717, 1.165) is 13.0 Å². The lowest BCUT2D eigenvalue weighted by Crippen LogP contribution is -2.35. The van der Waals surface area contributed by atoms with Crippen LogP contribution in [0, 0.1) is 0 Å². The molecule has 2 heteroatoms. The molecule has 0 saturated heterocycles. The van der Waals surface area contributed by atoms with Crippen LogP contribution in [-0.2, 0) is 0 Å². The van der Waals surface area contributed by atoms with Crippen molar-refractivity contribution in [3.63, 3.8) is 0 Å². The molecule has 0 aromatic carbocycles. The highest BCUT2D eigenvalue weighted by Crippen LogP contribution is 2.16. The van der Waals surface area contributed by atoms with Gasteiger partial charge in [0.2, 0.25) is 0 Å². The summed E-state index contributed by atoms with van der Waals surface area (Å²) < 4.78 is 0. The zero-order chi connectivity index (χ0) is 9.84. The summed E-state index contributed by atoms with van der Waals surface area (Å²) in [5, 5.41) is 0. The van der Waals surface area contributed by atoms with Gasteiger partial charge in [-0.25, -0.2) is 0 Å². The van der Waals surface area contributed by atoms with Crippen molar-refractivity contribution in [3.05, 3.63) is 11.6 Å². The van der Waals surface area contributed by atoms with Gasteiger partial charge in [0.05, 0.1) is 0 Å². The molecule has 1 aliphatic heterocycles. The monoisotopic (exact) mass is 182 g/mol. The number of hydrogen-bond donors (Lipinski definition) is 1. The minimum absolute atomic E-state index is 0.317. The first-order valence-electron chi connectivity index (χ1n) is 5.27. The van der Waals surface area contributed by atoms with E-state index < -0.39 is 0 Å². The second kappa shape index (κ2) is 4.77. The molecule has 0 aliphatic carbocycles. The van der Waals surface area contributed by atoms with Crippen LogP contribution in [0.4, 0.5) is 0 Å². The number of rotatable bonds is 3. The Hall–Kier alpha value is -0.340. The maximum Gasteiger partial charge on any atom is 0.0168 e. The van der Waals surface area contributed by atoms with Gasteiger partial charge in [-0.15, -0.1) is 0 Å². The lowest BCUT2D eigenvalue weighted by Gasteiger charge is -2.30. The first-order valence-corrected chi connectivity index (χ1v) is 5.27. The molecule has 0 radical (unpaired) electrons. The van der Waals surface area contributed by atoms with Crippen LogP contribution in [0.2, 0.25) is 0 Å². The Balaban J connectivity index is 2.39. The third-order valence-electron chi connectivity index (χ3n) is 2.65. The summed E-state index contributed by atoms with van der Waals surface area (Å²) in [7, 11) is 0. The van der Waals surface area contributed by atoms with E-state index in [9.17, 15) is 0 Å². The van der Waals surface area contributed by atoms with Gasteiger partial charge in [0, 0.05) is 25.2 Å². The Morgan fingerprint density at radius 1 is 1.46 bits per heavy atom. The largest absolute Gasteiger partial charge is 0.328 e. The van der Waals surface area contributed by atoms with Crippen LogP contribution >= 0.6 is 0 Å². The Morgan fingerprint density at radius 2 is 2.15 bits per heavy atom. The van der Waals surface area contributed by atoms with Crippen molar-refractivity contribution >= 4 is 0 Å². The maximum absolute atomic E-state index is 5.76. The molecule has 2 N–H and O–H groups in total. The van der Waals surface area contributed by atoms with E-state index in [2.05, 4.69) is 31.7 Å². The lowest BCUT2D eigenvalue weighted by molar-refractivity contribution is 0.237.